The molecule has 1 aromatic rings. The Hall–Kier alpha value is -1.09. The number of nitriles is 1. The number of rotatable bonds is 7. The number of nitrogens with zero attached hydrogens (tertiary/aromatic N) is 1. The van der Waals surface area contributed by atoms with E-state index in [4.69, 9.17) is 14.7 Å². The third kappa shape index (κ3) is 5.05. The van der Waals surface area contributed by atoms with Gasteiger partial charge in [-0.05, 0) is 32.2 Å². The Balaban J connectivity index is 2.49. The molecule has 1 rings (SSSR count). The van der Waals surface area contributed by atoms with E-state index in [1.54, 1.807) is 6.92 Å². The monoisotopic (exact) mass is 312 g/mol. The van der Waals surface area contributed by atoms with Gasteiger partial charge >= 0.3 is 0 Å². The molecular formula is C13H17BrN2O2. The normalized spacial score (nSPS) is 11.9. The number of benzene rings is 1. The molecule has 1 atom stereocenters. The first-order valence-electron chi connectivity index (χ1n) is 5.74. The van der Waals surface area contributed by atoms with Crippen LogP contribution in [0.4, 0.5) is 0 Å². The van der Waals surface area contributed by atoms with E-state index in [9.17, 15) is 0 Å². The third-order valence-corrected chi connectivity index (χ3v) is 2.77. The Bertz CT molecular complexity index is 418. The quantitative estimate of drug-likeness (QED) is 0.786. The van der Waals surface area contributed by atoms with Crippen LogP contribution in [0.15, 0.2) is 22.7 Å². The van der Waals surface area contributed by atoms with Crippen LogP contribution in [-0.4, -0.2) is 26.4 Å². The Morgan fingerprint density at radius 1 is 1.44 bits per heavy atom. The van der Waals surface area contributed by atoms with Crippen LogP contribution in [-0.2, 0) is 11.3 Å². The summed E-state index contributed by atoms with van der Waals surface area (Å²) < 4.78 is 11.9. The molecule has 1 unspecified atom stereocenters. The van der Waals surface area contributed by atoms with Gasteiger partial charge in [-0.25, -0.2) is 0 Å². The van der Waals surface area contributed by atoms with Gasteiger partial charge in [-0.1, -0.05) is 15.9 Å². The molecule has 0 saturated carbocycles. The van der Waals surface area contributed by atoms with Gasteiger partial charge in [0.05, 0.1) is 12.7 Å². The van der Waals surface area contributed by atoms with Gasteiger partial charge < -0.3 is 14.8 Å². The topological polar surface area (TPSA) is 54.3 Å². The van der Waals surface area contributed by atoms with Gasteiger partial charge in [0.15, 0.2) is 0 Å². The van der Waals surface area contributed by atoms with Crippen molar-refractivity contribution in [3.8, 4) is 11.8 Å². The zero-order chi connectivity index (χ0) is 13.4. The zero-order valence-corrected chi connectivity index (χ0v) is 12.2. The summed E-state index contributed by atoms with van der Waals surface area (Å²) in [5.41, 5.74) is 1.08. The van der Waals surface area contributed by atoms with E-state index in [1.807, 2.05) is 31.3 Å². The highest BCUT2D eigenvalue weighted by atomic mass is 79.9. The van der Waals surface area contributed by atoms with E-state index in [2.05, 4.69) is 21.2 Å². The van der Waals surface area contributed by atoms with Crippen LogP contribution >= 0.6 is 15.9 Å². The molecule has 0 saturated heterocycles. The van der Waals surface area contributed by atoms with Crippen molar-refractivity contribution in [2.24, 2.45) is 0 Å². The standard InChI is InChI=1S/C13H17BrN2O2/c1-10(8-15)17-5-6-18-13-4-3-12(14)7-11(13)9-16-2/h3-4,7,10,16H,5-6,9H2,1-2H3. The first-order chi connectivity index (χ1) is 8.67. The van der Waals surface area contributed by atoms with Crippen molar-refractivity contribution in [2.45, 2.75) is 19.6 Å². The number of nitrogens with one attached hydrogen (secondary N) is 1. The molecule has 1 N–H and O–H groups in total. The van der Waals surface area contributed by atoms with Crippen molar-refractivity contribution in [3.63, 3.8) is 0 Å². The fraction of sp³-hybridized carbons (Fsp3) is 0.462. The number of hydrogen-bond acceptors (Lipinski definition) is 4. The van der Waals surface area contributed by atoms with Crippen LogP contribution in [0.3, 0.4) is 0 Å². The van der Waals surface area contributed by atoms with E-state index in [-0.39, 0.29) is 0 Å². The first-order valence-corrected chi connectivity index (χ1v) is 6.53. The molecule has 0 heterocycles. The molecule has 0 aromatic heterocycles. The number of halogens is 1. The summed E-state index contributed by atoms with van der Waals surface area (Å²) in [4.78, 5) is 0. The smallest absolute Gasteiger partial charge is 0.141 e. The molecule has 0 fully saturated rings. The predicted octanol–water partition coefficient (Wildman–Crippen LogP) is 2.48. The summed E-state index contributed by atoms with van der Waals surface area (Å²) in [6, 6.07) is 7.89. The molecule has 0 aliphatic carbocycles. The largest absolute Gasteiger partial charge is 0.491 e. The van der Waals surface area contributed by atoms with Gasteiger partial charge in [-0.3, -0.25) is 0 Å². The van der Waals surface area contributed by atoms with Gasteiger partial charge in [0.1, 0.15) is 18.5 Å². The van der Waals surface area contributed by atoms with Gasteiger partial charge in [0, 0.05) is 16.6 Å². The molecule has 0 aliphatic rings. The van der Waals surface area contributed by atoms with E-state index in [1.165, 1.54) is 0 Å². The van der Waals surface area contributed by atoms with Crippen molar-refractivity contribution in [2.75, 3.05) is 20.3 Å². The SMILES string of the molecule is CNCc1cc(Br)ccc1OCCOC(C)C#N. The van der Waals surface area contributed by atoms with Gasteiger partial charge in [0.2, 0.25) is 0 Å². The molecule has 0 bridgehead atoms. The van der Waals surface area contributed by atoms with E-state index in [0.717, 1.165) is 22.3 Å². The highest BCUT2D eigenvalue weighted by Crippen LogP contribution is 2.23. The van der Waals surface area contributed by atoms with Crippen molar-refractivity contribution in [1.82, 2.24) is 5.32 Å². The van der Waals surface area contributed by atoms with Crippen molar-refractivity contribution in [1.29, 1.82) is 5.26 Å². The van der Waals surface area contributed by atoms with Crippen LogP contribution in [0, 0.1) is 11.3 Å². The van der Waals surface area contributed by atoms with Gasteiger partial charge in [-0.2, -0.15) is 5.26 Å². The summed E-state index contributed by atoms with van der Waals surface area (Å²) in [6.07, 6.45) is -0.393. The van der Waals surface area contributed by atoms with Gasteiger partial charge in [0.25, 0.3) is 0 Å². The molecule has 0 aliphatic heterocycles. The van der Waals surface area contributed by atoms with E-state index >= 15 is 0 Å². The molecule has 0 amide bonds. The van der Waals surface area contributed by atoms with Gasteiger partial charge in [-0.15, -0.1) is 0 Å². The Labute approximate surface area is 116 Å². The first kappa shape index (κ1) is 15.0. The predicted molar refractivity (Wildman–Crippen MR) is 73.4 cm³/mol. The molecule has 0 spiro atoms. The number of ether oxygens (including phenoxy) is 2. The second-order valence-electron chi connectivity index (χ2n) is 3.77. The maximum Gasteiger partial charge on any atom is 0.141 e. The van der Waals surface area contributed by atoms with Crippen molar-refractivity contribution in [3.05, 3.63) is 28.2 Å². The molecule has 0 radical (unpaired) electrons. The second-order valence-corrected chi connectivity index (χ2v) is 4.69. The van der Waals surface area contributed by atoms with Crippen molar-refractivity contribution < 1.29 is 9.47 Å². The Kier molecular flexibility index (Phi) is 6.73. The third-order valence-electron chi connectivity index (χ3n) is 2.28. The lowest BCUT2D eigenvalue weighted by Crippen LogP contribution is -2.14. The highest BCUT2D eigenvalue weighted by Gasteiger charge is 2.04. The summed E-state index contributed by atoms with van der Waals surface area (Å²) in [6.45, 7) is 3.30. The molecule has 98 valence electrons. The maximum absolute atomic E-state index is 8.57. The maximum atomic E-state index is 8.57. The van der Waals surface area contributed by atoms with Crippen LogP contribution in [0.2, 0.25) is 0 Å². The molecule has 1 aromatic carbocycles. The Morgan fingerprint density at radius 2 is 2.22 bits per heavy atom. The summed E-state index contributed by atoms with van der Waals surface area (Å²) in [7, 11) is 1.89. The van der Waals surface area contributed by atoms with Crippen LogP contribution in [0.5, 0.6) is 5.75 Å². The fourth-order valence-corrected chi connectivity index (χ4v) is 1.84. The van der Waals surface area contributed by atoms with Crippen LogP contribution < -0.4 is 10.1 Å². The molecule has 5 heteroatoms. The highest BCUT2D eigenvalue weighted by molar-refractivity contribution is 9.10. The van der Waals surface area contributed by atoms with Crippen LogP contribution in [0.25, 0.3) is 0 Å². The minimum Gasteiger partial charge on any atom is -0.491 e. The fourth-order valence-electron chi connectivity index (χ4n) is 1.43. The summed E-state index contributed by atoms with van der Waals surface area (Å²) >= 11 is 3.43. The summed E-state index contributed by atoms with van der Waals surface area (Å²) in [5.74, 6) is 0.834. The lowest BCUT2D eigenvalue weighted by molar-refractivity contribution is 0.0741. The summed E-state index contributed by atoms with van der Waals surface area (Å²) in [5, 5.41) is 11.7. The minimum atomic E-state index is -0.393. The van der Waals surface area contributed by atoms with Crippen LogP contribution in [0.1, 0.15) is 12.5 Å². The average molecular weight is 313 g/mol. The zero-order valence-electron chi connectivity index (χ0n) is 10.6. The average Bonchev–Trinajstić information content (AvgIpc) is 2.36. The van der Waals surface area contributed by atoms with E-state index in [0.29, 0.717) is 13.2 Å². The number of hydrogen-bond donors (Lipinski definition) is 1. The lowest BCUT2D eigenvalue weighted by atomic mass is 10.2. The van der Waals surface area contributed by atoms with Crippen molar-refractivity contribution >= 4 is 15.9 Å². The molecule has 4 nitrogen and oxygen atoms in total. The minimum absolute atomic E-state index is 0.393. The second kappa shape index (κ2) is 8.09. The van der Waals surface area contributed by atoms with E-state index < -0.39 is 6.10 Å². The lowest BCUT2D eigenvalue weighted by Gasteiger charge is -2.12. The molecular weight excluding hydrogens is 296 g/mol. The molecule has 18 heavy (non-hydrogen) atoms. The Morgan fingerprint density at radius 3 is 2.89 bits per heavy atom.